The van der Waals surface area contributed by atoms with E-state index in [9.17, 15) is 4.79 Å². The van der Waals surface area contributed by atoms with Gasteiger partial charge in [0.1, 0.15) is 5.69 Å². The second-order valence-corrected chi connectivity index (χ2v) is 4.40. The fourth-order valence-corrected chi connectivity index (χ4v) is 2.04. The number of ether oxygens (including phenoxy) is 1. The van der Waals surface area contributed by atoms with E-state index < -0.39 is 0 Å². The first-order chi connectivity index (χ1) is 8.63. The molecule has 0 aliphatic rings. The van der Waals surface area contributed by atoms with Gasteiger partial charge in [-0.1, -0.05) is 11.6 Å². The summed E-state index contributed by atoms with van der Waals surface area (Å²) in [5, 5.41) is 3.92. The van der Waals surface area contributed by atoms with Crippen LogP contribution in [-0.2, 0) is 11.8 Å². The van der Waals surface area contributed by atoms with Crippen LogP contribution in [0.3, 0.4) is 0 Å². The first-order valence-electron chi connectivity index (χ1n) is 5.96. The number of nitrogens with zero attached hydrogens (tertiary/aromatic N) is 1. The summed E-state index contributed by atoms with van der Waals surface area (Å²) in [5.74, 6) is -0.0663. The molecule has 1 aromatic heterocycles. The summed E-state index contributed by atoms with van der Waals surface area (Å²) >= 11 is 0. The van der Waals surface area contributed by atoms with Gasteiger partial charge in [0, 0.05) is 31.6 Å². The van der Waals surface area contributed by atoms with E-state index in [1.165, 1.54) is 5.56 Å². The molecule has 0 bridgehead atoms. The number of nitrogens with one attached hydrogen (secondary N) is 1. The van der Waals surface area contributed by atoms with E-state index >= 15 is 0 Å². The molecule has 0 aliphatic heterocycles. The molecule has 0 unspecified atom stereocenters. The zero-order valence-corrected chi connectivity index (χ0v) is 11.0. The number of carbonyl (C=O) groups is 1. The zero-order chi connectivity index (χ0) is 13.1. The number of hydrogen-bond donors (Lipinski definition) is 1. The van der Waals surface area contributed by atoms with Crippen molar-refractivity contribution in [1.82, 2.24) is 9.88 Å². The lowest BCUT2D eigenvalue weighted by Gasteiger charge is -2.05. The number of rotatable bonds is 4. The van der Waals surface area contributed by atoms with Crippen LogP contribution in [-0.4, -0.2) is 30.7 Å². The molecule has 2 rings (SSSR count). The van der Waals surface area contributed by atoms with Crippen LogP contribution in [0.4, 0.5) is 0 Å². The van der Waals surface area contributed by atoms with Crippen LogP contribution in [0.5, 0.6) is 0 Å². The third kappa shape index (κ3) is 2.38. The third-order valence-electron chi connectivity index (χ3n) is 3.02. The van der Waals surface area contributed by atoms with Gasteiger partial charge in [-0.3, -0.25) is 4.79 Å². The first-order valence-corrected chi connectivity index (χ1v) is 5.96. The standard InChI is InChI=1S/C14H18N2O2/c1-10-4-5-12-11(8-10)9-13(16(12)2)14(17)15-6-7-18-3/h4-5,8-9H,6-7H2,1-3H3,(H,15,17). The van der Waals surface area contributed by atoms with Gasteiger partial charge in [0.05, 0.1) is 6.61 Å². The molecule has 96 valence electrons. The third-order valence-corrected chi connectivity index (χ3v) is 3.02. The molecule has 0 atom stereocenters. The number of carbonyl (C=O) groups excluding carboxylic acids is 1. The van der Waals surface area contributed by atoms with E-state index in [2.05, 4.69) is 17.4 Å². The monoisotopic (exact) mass is 246 g/mol. The van der Waals surface area contributed by atoms with Gasteiger partial charge in [-0.25, -0.2) is 0 Å². The molecule has 4 heteroatoms. The number of amides is 1. The van der Waals surface area contributed by atoms with E-state index in [0.717, 1.165) is 10.9 Å². The maximum atomic E-state index is 12.0. The highest BCUT2D eigenvalue weighted by Gasteiger charge is 2.12. The lowest BCUT2D eigenvalue weighted by molar-refractivity contribution is 0.0929. The first kappa shape index (κ1) is 12.6. The number of benzene rings is 1. The predicted octanol–water partition coefficient (Wildman–Crippen LogP) is 1.86. The van der Waals surface area contributed by atoms with E-state index in [-0.39, 0.29) is 5.91 Å². The Bertz CT molecular complexity index is 572. The van der Waals surface area contributed by atoms with Crippen molar-refractivity contribution in [2.45, 2.75) is 6.92 Å². The predicted molar refractivity (Wildman–Crippen MR) is 71.9 cm³/mol. The van der Waals surface area contributed by atoms with Crippen molar-refractivity contribution in [2.75, 3.05) is 20.3 Å². The van der Waals surface area contributed by atoms with Crippen molar-refractivity contribution in [3.05, 3.63) is 35.5 Å². The number of methoxy groups -OCH3 is 1. The molecule has 2 aromatic rings. The van der Waals surface area contributed by atoms with Crippen molar-refractivity contribution in [1.29, 1.82) is 0 Å². The molecule has 0 fully saturated rings. The van der Waals surface area contributed by atoms with Gasteiger partial charge in [0.25, 0.3) is 5.91 Å². The minimum absolute atomic E-state index is 0.0663. The van der Waals surface area contributed by atoms with Crippen molar-refractivity contribution in [3.8, 4) is 0 Å². The van der Waals surface area contributed by atoms with Gasteiger partial charge >= 0.3 is 0 Å². The maximum absolute atomic E-state index is 12.0. The Morgan fingerprint density at radius 1 is 1.39 bits per heavy atom. The summed E-state index contributed by atoms with van der Waals surface area (Å²) in [7, 11) is 3.52. The summed E-state index contributed by atoms with van der Waals surface area (Å²) in [6.07, 6.45) is 0. The lowest BCUT2D eigenvalue weighted by Crippen LogP contribution is -2.28. The molecule has 4 nitrogen and oxygen atoms in total. The van der Waals surface area contributed by atoms with Crippen LogP contribution >= 0.6 is 0 Å². The van der Waals surface area contributed by atoms with Crippen molar-refractivity contribution in [3.63, 3.8) is 0 Å². The second-order valence-electron chi connectivity index (χ2n) is 4.40. The van der Waals surface area contributed by atoms with Crippen LogP contribution in [0, 0.1) is 6.92 Å². The Hall–Kier alpha value is -1.81. The molecule has 0 saturated heterocycles. The molecule has 0 aliphatic carbocycles. The normalized spacial score (nSPS) is 10.8. The molecule has 18 heavy (non-hydrogen) atoms. The van der Waals surface area contributed by atoms with Gasteiger partial charge in [0.2, 0.25) is 0 Å². The molecular weight excluding hydrogens is 228 g/mol. The summed E-state index contributed by atoms with van der Waals surface area (Å²) in [5.41, 5.74) is 2.93. The topological polar surface area (TPSA) is 43.3 Å². The quantitative estimate of drug-likeness (QED) is 0.837. The minimum Gasteiger partial charge on any atom is -0.383 e. The molecule has 1 heterocycles. The summed E-state index contributed by atoms with van der Waals surface area (Å²) in [4.78, 5) is 12.0. The van der Waals surface area contributed by atoms with Crippen molar-refractivity contribution < 1.29 is 9.53 Å². The molecule has 1 aromatic carbocycles. The Kier molecular flexibility index (Phi) is 3.67. The molecule has 1 N–H and O–H groups in total. The van der Waals surface area contributed by atoms with Crippen LogP contribution in [0.25, 0.3) is 10.9 Å². The lowest BCUT2D eigenvalue weighted by atomic mass is 10.2. The number of aryl methyl sites for hydroxylation is 2. The highest BCUT2D eigenvalue weighted by atomic mass is 16.5. The SMILES string of the molecule is COCCNC(=O)c1cc2cc(C)ccc2n1C. The van der Waals surface area contributed by atoms with Gasteiger partial charge < -0.3 is 14.6 Å². The van der Waals surface area contributed by atoms with Gasteiger partial charge in [-0.2, -0.15) is 0 Å². The summed E-state index contributed by atoms with van der Waals surface area (Å²) < 4.78 is 6.83. The number of fused-ring (bicyclic) bond motifs is 1. The smallest absolute Gasteiger partial charge is 0.268 e. The fraction of sp³-hybridized carbons (Fsp3) is 0.357. The van der Waals surface area contributed by atoms with Crippen LogP contribution in [0.2, 0.25) is 0 Å². The maximum Gasteiger partial charge on any atom is 0.268 e. The van der Waals surface area contributed by atoms with E-state index in [4.69, 9.17) is 4.74 Å². The Labute approximate surface area is 107 Å². The molecule has 0 saturated carbocycles. The van der Waals surface area contributed by atoms with Crippen LogP contribution < -0.4 is 5.32 Å². The van der Waals surface area contributed by atoms with Gasteiger partial charge in [-0.05, 0) is 25.1 Å². The van der Waals surface area contributed by atoms with E-state index in [1.54, 1.807) is 7.11 Å². The highest BCUT2D eigenvalue weighted by molar-refractivity contribution is 5.98. The zero-order valence-electron chi connectivity index (χ0n) is 11.0. The Morgan fingerprint density at radius 2 is 2.17 bits per heavy atom. The van der Waals surface area contributed by atoms with E-state index in [1.807, 2.05) is 30.7 Å². The molecule has 0 spiro atoms. The fourth-order valence-electron chi connectivity index (χ4n) is 2.04. The van der Waals surface area contributed by atoms with Gasteiger partial charge in [-0.15, -0.1) is 0 Å². The highest BCUT2D eigenvalue weighted by Crippen LogP contribution is 2.19. The van der Waals surface area contributed by atoms with Crippen LogP contribution in [0.1, 0.15) is 16.1 Å². The van der Waals surface area contributed by atoms with Crippen LogP contribution in [0.15, 0.2) is 24.3 Å². The molecular formula is C14H18N2O2. The second kappa shape index (κ2) is 5.23. The molecule has 0 radical (unpaired) electrons. The minimum atomic E-state index is -0.0663. The Balaban J connectivity index is 2.28. The number of hydrogen-bond acceptors (Lipinski definition) is 2. The van der Waals surface area contributed by atoms with Crippen molar-refractivity contribution >= 4 is 16.8 Å². The largest absolute Gasteiger partial charge is 0.383 e. The number of aromatic nitrogens is 1. The van der Waals surface area contributed by atoms with Crippen molar-refractivity contribution in [2.24, 2.45) is 7.05 Å². The average Bonchev–Trinajstić information content (AvgIpc) is 2.66. The summed E-state index contributed by atoms with van der Waals surface area (Å²) in [6.45, 7) is 3.09. The average molecular weight is 246 g/mol. The molecule has 1 amide bonds. The van der Waals surface area contributed by atoms with Gasteiger partial charge in [0.15, 0.2) is 0 Å². The summed E-state index contributed by atoms with van der Waals surface area (Å²) in [6, 6.07) is 8.09. The Morgan fingerprint density at radius 3 is 2.89 bits per heavy atom. The van der Waals surface area contributed by atoms with E-state index in [0.29, 0.717) is 18.8 Å².